The van der Waals surface area contributed by atoms with Gasteiger partial charge in [-0.1, -0.05) is 64.7 Å². The predicted octanol–water partition coefficient (Wildman–Crippen LogP) is 4.50. The molecule has 0 amide bonds. The molecule has 1 heterocycles. The summed E-state index contributed by atoms with van der Waals surface area (Å²) in [5.74, 6) is -0.539. The molecule has 0 aromatic rings. The van der Waals surface area contributed by atoms with Gasteiger partial charge in [0.2, 0.25) is 0 Å². The Balaban J connectivity index is 1.78. The molecule has 0 saturated carbocycles. The number of aliphatic hydroxyl groups is 1. The number of rotatable bonds is 12. The molecule has 19 heavy (non-hydrogen) atoms. The van der Waals surface area contributed by atoms with E-state index in [0.717, 1.165) is 12.8 Å². The molecule has 0 radical (unpaired) electrons. The van der Waals surface area contributed by atoms with Crippen LogP contribution in [-0.4, -0.2) is 11.7 Å². The maximum Gasteiger partial charge on any atom is 0.406 e. The molecule has 112 valence electrons. The van der Waals surface area contributed by atoms with Gasteiger partial charge in [0.25, 0.3) is 0 Å². The molecule has 5 nitrogen and oxygen atoms in total. The average molecular weight is 274 g/mol. The Morgan fingerprint density at radius 1 is 0.842 bits per heavy atom. The van der Waals surface area contributed by atoms with Crippen LogP contribution in [0, 0.1) is 0 Å². The molecule has 0 fully saturated rings. The molecule has 0 unspecified atom stereocenters. The van der Waals surface area contributed by atoms with Crippen molar-refractivity contribution < 1.29 is 24.7 Å². The summed E-state index contributed by atoms with van der Waals surface area (Å²) in [7, 11) is 0. The lowest BCUT2D eigenvalue weighted by Gasteiger charge is -2.03. The van der Waals surface area contributed by atoms with Crippen LogP contribution in [-0.2, 0) is 19.6 Å². The Labute approximate surface area is 115 Å². The molecule has 0 spiro atoms. The molecule has 0 saturated heterocycles. The smallest absolute Gasteiger partial charge is 0.406 e. The monoisotopic (exact) mass is 274 g/mol. The maximum atomic E-state index is 9.03. The van der Waals surface area contributed by atoms with Crippen molar-refractivity contribution in [1.82, 2.24) is 0 Å². The van der Waals surface area contributed by atoms with Gasteiger partial charge in [-0.15, -0.1) is 0 Å². The fraction of sp³-hybridized carbons (Fsp3) is 0.857. The van der Waals surface area contributed by atoms with E-state index in [2.05, 4.69) is 21.7 Å². The van der Waals surface area contributed by atoms with E-state index in [-0.39, 0.29) is 5.95 Å². The minimum absolute atomic E-state index is 0.0871. The van der Waals surface area contributed by atoms with Crippen LogP contribution in [0.2, 0.25) is 0 Å². The van der Waals surface area contributed by atoms with Crippen LogP contribution < -0.4 is 0 Å². The van der Waals surface area contributed by atoms with Crippen molar-refractivity contribution in [3.63, 3.8) is 0 Å². The van der Waals surface area contributed by atoms with E-state index in [9.17, 15) is 0 Å². The van der Waals surface area contributed by atoms with Crippen LogP contribution in [0.4, 0.5) is 0 Å². The summed E-state index contributed by atoms with van der Waals surface area (Å²) >= 11 is 0. The van der Waals surface area contributed by atoms with Crippen molar-refractivity contribution >= 4 is 0 Å². The first-order chi connectivity index (χ1) is 9.34. The molecule has 0 bridgehead atoms. The summed E-state index contributed by atoms with van der Waals surface area (Å²) < 4.78 is 5.14. The Bertz CT molecular complexity index is 252. The average Bonchev–Trinajstić information content (AvgIpc) is 2.82. The van der Waals surface area contributed by atoms with Gasteiger partial charge in [0.15, 0.2) is 0 Å². The highest BCUT2D eigenvalue weighted by atomic mass is 17.5. The van der Waals surface area contributed by atoms with Crippen molar-refractivity contribution in [2.24, 2.45) is 0 Å². The maximum absolute atomic E-state index is 9.03. The Morgan fingerprint density at radius 3 is 1.95 bits per heavy atom. The summed E-state index contributed by atoms with van der Waals surface area (Å²) in [5, 5.41) is 13.1. The zero-order valence-corrected chi connectivity index (χ0v) is 11.9. The molecule has 0 aromatic carbocycles. The normalized spacial score (nSPS) is 14.4. The fourth-order valence-electron chi connectivity index (χ4n) is 1.99. The Morgan fingerprint density at radius 2 is 1.42 bits per heavy atom. The first-order valence-corrected chi connectivity index (χ1v) is 7.42. The molecule has 0 aliphatic carbocycles. The Kier molecular flexibility index (Phi) is 9.06. The van der Waals surface area contributed by atoms with Gasteiger partial charge in [0, 0.05) is 5.04 Å². The van der Waals surface area contributed by atoms with Crippen molar-refractivity contribution in [3.8, 4) is 0 Å². The van der Waals surface area contributed by atoms with Gasteiger partial charge < -0.3 is 9.84 Å². The number of hydrogen-bond acceptors (Lipinski definition) is 5. The zero-order valence-electron chi connectivity index (χ0n) is 11.9. The molecule has 1 rings (SSSR count). The van der Waals surface area contributed by atoms with E-state index in [1.54, 1.807) is 0 Å². The minimum Gasteiger partial charge on any atom is -0.474 e. The van der Waals surface area contributed by atoms with E-state index in [1.165, 1.54) is 51.4 Å². The van der Waals surface area contributed by atoms with Crippen molar-refractivity contribution in [2.75, 3.05) is 6.61 Å². The lowest BCUT2D eigenvalue weighted by Crippen LogP contribution is -1.97. The number of aliphatic hydroxyl groups excluding tert-OH is 1. The van der Waals surface area contributed by atoms with Gasteiger partial charge in [0.1, 0.15) is 0 Å². The molecule has 1 N–H and O–H groups in total. The van der Waals surface area contributed by atoms with Crippen LogP contribution in [0.15, 0.2) is 11.9 Å². The van der Waals surface area contributed by atoms with Gasteiger partial charge in [-0.2, -0.15) is 0 Å². The molecule has 0 atom stereocenters. The van der Waals surface area contributed by atoms with E-state index in [0.29, 0.717) is 6.61 Å². The van der Waals surface area contributed by atoms with Gasteiger partial charge in [-0.3, -0.25) is 9.78 Å². The van der Waals surface area contributed by atoms with Gasteiger partial charge in [0.05, 0.1) is 6.61 Å². The largest absolute Gasteiger partial charge is 0.474 e. The molecule has 1 aliphatic heterocycles. The van der Waals surface area contributed by atoms with Crippen molar-refractivity contribution in [3.05, 3.63) is 11.9 Å². The zero-order chi connectivity index (χ0) is 13.8. The minimum atomic E-state index is -0.452. The van der Waals surface area contributed by atoms with Crippen molar-refractivity contribution in [1.29, 1.82) is 0 Å². The summed E-state index contributed by atoms with van der Waals surface area (Å²) in [4.78, 5) is 8.65. The van der Waals surface area contributed by atoms with Gasteiger partial charge in [-0.05, 0) is 6.42 Å². The second kappa shape index (κ2) is 10.8. The molecule has 0 aromatic heterocycles. The van der Waals surface area contributed by atoms with Crippen LogP contribution >= 0.6 is 0 Å². The lowest BCUT2D eigenvalue weighted by molar-refractivity contribution is -0.463. The summed E-state index contributed by atoms with van der Waals surface area (Å²) in [5.41, 5.74) is 0. The SMILES string of the molecule is CCCCCCCCCCCCOC1=C(O)OOO1. The number of ether oxygens (including phenoxy) is 1. The first kappa shape index (κ1) is 16.0. The highest BCUT2D eigenvalue weighted by Crippen LogP contribution is 2.16. The van der Waals surface area contributed by atoms with Gasteiger partial charge in [-0.25, -0.2) is 0 Å². The summed E-state index contributed by atoms with van der Waals surface area (Å²) in [6.07, 6.45) is 12.7. The third-order valence-corrected chi connectivity index (χ3v) is 3.13. The summed E-state index contributed by atoms with van der Waals surface area (Å²) in [6.45, 7) is 2.75. The highest BCUT2D eigenvalue weighted by Gasteiger charge is 2.21. The summed E-state index contributed by atoms with van der Waals surface area (Å²) in [6, 6.07) is 0. The van der Waals surface area contributed by atoms with Gasteiger partial charge >= 0.3 is 11.9 Å². The van der Waals surface area contributed by atoms with E-state index < -0.39 is 5.95 Å². The standard InChI is InChI=1S/C14H26O5/c1-2-3-4-5-6-7-8-9-10-11-12-16-14-13(15)17-19-18-14/h15H,2-12H2,1H3. The predicted molar refractivity (Wildman–Crippen MR) is 70.7 cm³/mol. The highest BCUT2D eigenvalue weighted by molar-refractivity contribution is 4.82. The number of unbranched alkanes of at least 4 members (excludes halogenated alkanes) is 9. The Hall–Kier alpha value is -1.10. The van der Waals surface area contributed by atoms with E-state index in [1.807, 2.05) is 0 Å². The van der Waals surface area contributed by atoms with E-state index >= 15 is 0 Å². The van der Waals surface area contributed by atoms with E-state index in [4.69, 9.17) is 9.84 Å². The van der Waals surface area contributed by atoms with Crippen molar-refractivity contribution in [2.45, 2.75) is 71.1 Å². The van der Waals surface area contributed by atoms with Crippen LogP contribution in [0.5, 0.6) is 0 Å². The van der Waals surface area contributed by atoms with Crippen LogP contribution in [0.25, 0.3) is 0 Å². The van der Waals surface area contributed by atoms with Crippen LogP contribution in [0.1, 0.15) is 71.1 Å². The quantitative estimate of drug-likeness (QED) is 0.419. The molecular formula is C14H26O5. The molecular weight excluding hydrogens is 248 g/mol. The second-order valence-corrected chi connectivity index (χ2v) is 4.86. The number of hydrogen-bond donors (Lipinski definition) is 1. The first-order valence-electron chi connectivity index (χ1n) is 7.42. The third kappa shape index (κ3) is 7.82. The molecule has 1 aliphatic rings. The molecule has 5 heteroatoms. The second-order valence-electron chi connectivity index (χ2n) is 4.86. The third-order valence-electron chi connectivity index (χ3n) is 3.13. The lowest BCUT2D eigenvalue weighted by atomic mass is 10.1. The van der Waals surface area contributed by atoms with Crippen LogP contribution in [0.3, 0.4) is 0 Å². The topological polar surface area (TPSA) is 57.2 Å². The fourth-order valence-corrected chi connectivity index (χ4v) is 1.99.